The number of carbonyl (C=O) groups excluding carboxylic acids is 1. The van der Waals surface area contributed by atoms with Crippen LogP contribution in [0.2, 0.25) is 0 Å². The zero-order chi connectivity index (χ0) is 15.8. The molecule has 1 heterocycles. The maximum Gasteiger partial charge on any atom is 0.270 e. The van der Waals surface area contributed by atoms with Crippen LogP contribution in [0.3, 0.4) is 0 Å². The predicted molar refractivity (Wildman–Crippen MR) is 84.7 cm³/mol. The van der Waals surface area contributed by atoms with E-state index in [0.29, 0.717) is 31.3 Å². The average Bonchev–Trinajstić information content (AvgIpc) is 2.54. The van der Waals surface area contributed by atoms with E-state index in [1.54, 1.807) is 19.4 Å². The largest absolute Gasteiger partial charge is 0.383 e. The molecule has 0 fully saturated rings. The molecule has 0 radical (unpaired) electrons. The van der Waals surface area contributed by atoms with Gasteiger partial charge in [0.25, 0.3) is 5.91 Å². The van der Waals surface area contributed by atoms with Gasteiger partial charge < -0.3 is 15.4 Å². The van der Waals surface area contributed by atoms with Crippen LogP contribution in [0.5, 0.6) is 0 Å². The van der Waals surface area contributed by atoms with Crippen LogP contribution in [0.4, 0.5) is 5.95 Å². The number of nitrogens with one attached hydrogen (secondary N) is 2. The lowest BCUT2D eigenvalue weighted by molar-refractivity contribution is 0.0932. The highest BCUT2D eigenvalue weighted by Gasteiger charge is 2.08. The van der Waals surface area contributed by atoms with Crippen LogP contribution in [0.25, 0.3) is 0 Å². The average molecular weight is 300 g/mol. The molecule has 0 bridgehead atoms. The van der Waals surface area contributed by atoms with Gasteiger partial charge in [-0.25, -0.2) is 9.97 Å². The number of benzene rings is 1. The number of methoxy groups -OCH3 is 1. The van der Waals surface area contributed by atoms with Crippen molar-refractivity contribution in [1.29, 1.82) is 0 Å². The van der Waals surface area contributed by atoms with Crippen LogP contribution in [0.15, 0.2) is 36.5 Å². The molecule has 2 aromatic rings. The van der Waals surface area contributed by atoms with Gasteiger partial charge in [-0.05, 0) is 24.1 Å². The van der Waals surface area contributed by atoms with Gasteiger partial charge in [0.15, 0.2) is 0 Å². The number of anilines is 1. The van der Waals surface area contributed by atoms with E-state index in [1.807, 2.05) is 18.2 Å². The normalized spacial score (nSPS) is 10.3. The van der Waals surface area contributed by atoms with E-state index >= 15 is 0 Å². The van der Waals surface area contributed by atoms with Gasteiger partial charge in [-0.2, -0.15) is 0 Å². The van der Waals surface area contributed by atoms with Crippen molar-refractivity contribution < 1.29 is 9.53 Å². The number of rotatable bonds is 7. The highest BCUT2D eigenvalue weighted by Crippen LogP contribution is 2.09. The number of amides is 1. The number of hydrogen-bond acceptors (Lipinski definition) is 5. The van der Waals surface area contributed by atoms with Crippen molar-refractivity contribution in [2.45, 2.75) is 13.5 Å². The smallest absolute Gasteiger partial charge is 0.270 e. The zero-order valence-corrected chi connectivity index (χ0v) is 12.8. The van der Waals surface area contributed by atoms with E-state index in [1.165, 1.54) is 11.1 Å². The molecule has 0 saturated heterocycles. The number of aromatic nitrogens is 2. The third-order valence-corrected chi connectivity index (χ3v) is 3.18. The Bertz CT molecular complexity index is 631. The minimum Gasteiger partial charge on any atom is -0.383 e. The second kappa shape index (κ2) is 8.09. The van der Waals surface area contributed by atoms with Crippen LogP contribution in [0, 0.1) is 6.92 Å². The number of carbonyl (C=O) groups is 1. The maximum atomic E-state index is 11.9. The molecular formula is C16H20N4O2. The fraction of sp³-hybridized carbons (Fsp3) is 0.312. The quantitative estimate of drug-likeness (QED) is 0.762. The molecule has 0 unspecified atom stereocenters. The molecule has 116 valence electrons. The standard InChI is InChI=1S/C16H20N4O2/c1-12-5-3-4-6-13(12)11-19-16-18-8-7-14(20-16)15(21)17-9-10-22-2/h3-8H,9-11H2,1-2H3,(H,17,21)(H,18,19,20). The van der Waals surface area contributed by atoms with Gasteiger partial charge in [-0.3, -0.25) is 4.79 Å². The fourth-order valence-corrected chi connectivity index (χ4v) is 1.91. The van der Waals surface area contributed by atoms with E-state index < -0.39 is 0 Å². The SMILES string of the molecule is COCCNC(=O)c1ccnc(NCc2ccccc2C)n1. The second-order valence-electron chi connectivity index (χ2n) is 4.79. The predicted octanol–water partition coefficient (Wildman–Crippen LogP) is 1.77. The Balaban J connectivity index is 1.96. The molecule has 2 rings (SSSR count). The molecular weight excluding hydrogens is 280 g/mol. The maximum absolute atomic E-state index is 11.9. The molecule has 6 nitrogen and oxygen atoms in total. The van der Waals surface area contributed by atoms with Gasteiger partial charge in [-0.15, -0.1) is 0 Å². The van der Waals surface area contributed by atoms with Crippen LogP contribution < -0.4 is 10.6 Å². The van der Waals surface area contributed by atoms with Crippen LogP contribution in [-0.2, 0) is 11.3 Å². The minimum absolute atomic E-state index is 0.238. The third kappa shape index (κ3) is 4.53. The summed E-state index contributed by atoms with van der Waals surface area (Å²) in [6.45, 7) is 3.58. The number of hydrogen-bond donors (Lipinski definition) is 2. The van der Waals surface area contributed by atoms with Crippen molar-refractivity contribution in [2.24, 2.45) is 0 Å². The Hall–Kier alpha value is -2.47. The van der Waals surface area contributed by atoms with Crippen molar-refractivity contribution in [3.05, 3.63) is 53.3 Å². The summed E-state index contributed by atoms with van der Waals surface area (Å²) < 4.78 is 4.89. The first kappa shape index (κ1) is 15.9. The van der Waals surface area contributed by atoms with Gasteiger partial charge in [0.1, 0.15) is 5.69 Å². The molecule has 0 spiro atoms. The van der Waals surface area contributed by atoms with Crippen LogP contribution in [0.1, 0.15) is 21.6 Å². The summed E-state index contributed by atoms with van der Waals surface area (Å²) in [5.74, 6) is 0.195. The molecule has 2 N–H and O–H groups in total. The Morgan fingerprint density at radius 2 is 2.09 bits per heavy atom. The molecule has 1 amide bonds. The van der Waals surface area contributed by atoms with E-state index in [-0.39, 0.29) is 5.91 Å². The van der Waals surface area contributed by atoms with Crippen molar-refractivity contribution in [3.8, 4) is 0 Å². The van der Waals surface area contributed by atoms with Crippen molar-refractivity contribution >= 4 is 11.9 Å². The Kier molecular flexibility index (Phi) is 5.85. The summed E-state index contributed by atoms with van der Waals surface area (Å²) in [5.41, 5.74) is 2.70. The molecule has 0 saturated carbocycles. The summed E-state index contributed by atoms with van der Waals surface area (Å²) in [7, 11) is 1.59. The number of ether oxygens (including phenoxy) is 1. The van der Waals surface area contributed by atoms with Gasteiger partial charge in [0.05, 0.1) is 6.61 Å². The lowest BCUT2D eigenvalue weighted by Gasteiger charge is -2.09. The third-order valence-electron chi connectivity index (χ3n) is 3.18. The van der Waals surface area contributed by atoms with E-state index in [0.717, 1.165) is 0 Å². The van der Waals surface area contributed by atoms with Crippen molar-refractivity contribution in [2.75, 3.05) is 25.6 Å². The molecule has 1 aromatic carbocycles. The molecule has 0 aliphatic carbocycles. The first-order chi connectivity index (χ1) is 10.7. The van der Waals surface area contributed by atoms with Gasteiger partial charge >= 0.3 is 0 Å². The van der Waals surface area contributed by atoms with Gasteiger partial charge in [-0.1, -0.05) is 24.3 Å². The molecule has 22 heavy (non-hydrogen) atoms. The molecule has 0 atom stereocenters. The van der Waals surface area contributed by atoms with E-state index in [2.05, 4.69) is 33.6 Å². The van der Waals surface area contributed by atoms with Gasteiger partial charge in [0, 0.05) is 26.4 Å². The Morgan fingerprint density at radius 1 is 1.27 bits per heavy atom. The monoisotopic (exact) mass is 300 g/mol. The second-order valence-corrected chi connectivity index (χ2v) is 4.79. The van der Waals surface area contributed by atoms with E-state index in [9.17, 15) is 4.79 Å². The van der Waals surface area contributed by atoms with Gasteiger partial charge in [0.2, 0.25) is 5.95 Å². The van der Waals surface area contributed by atoms with E-state index in [4.69, 9.17) is 4.74 Å². The number of nitrogens with zero attached hydrogens (tertiary/aromatic N) is 2. The summed E-state index contributed by atoms with van der Waals surface area (Å²) in [5, 5.41) is 5.87. The first-order valence-corrected chi connectivity index (χ1v) is 7.09. The fourth-order valence-electron chi connectivity index (χ4n) is 1.91. The minimum atomic E-state index is -0.238. The lowest BCUT2D eigenvalue weighted by Crippen LogP contribution is -2.28. The highest BCUT2D eigenvalue weighted by molar-refractivity contribution is 5.92. The highest BCUT2D eigenvalue weighted by atomic mass is 16.5. The Labute approximate surface area is 129 Å². The first-order valence-electron chi connectivity index (χ1n) is 7.09. The molecule has 1 aromatic heterocycles. The summed E-state index contributed by atoms with van der Waals surface area (Å²) >= 11 is 0. The summed E-state index contributed by atoms with van der Waals surface area (Å²) in [6.07, 6.45) is 1.57. The molecule has 0 aliphatic rings. The van der Waals surface area contributed by atoms with Crippen LogP contribution >= 0.6 is 0 Å². The lowest BCUT2D eigenvalue weighted by atomic mass is 10.1. The number of aryl methyl sites for hydroxylation is 1. The van der Waals surface area contributed by atoms with Crippen LogP contribution in [-0.4, -0.2) is 36.1 Å². The zero-order valence-electron chi connectivity index (χ0n) is 12.8. The molecule has 6 heteroatoms. The summed E-state index contributed by atoms with van der Waals surface area (Å²) in [4.78, 5) is 20.3. The van der Waals surface area contributed by atoms with Crippen molar-refractivity contribution in [1.82, 2.24) is 15.3 Å². The Morgan fingerprint density at radius 3 is 2.86 bits per heavy atom. The molecule has 0 aliphatic heterocycles. The topological polar surface area (TPSA) is 76.1 Å². The summed E-state index contributed by atoms with van der Waals surface area (Å²) in [6, 6.07) is 9.67. The van der Waals surface area contributed by atoms with Crippen molar-refractivity contribution in [3.63, 3.8) is 0 Å².